The molecule has 4 heteroatoms. The molecule has 1 heterocycles. The van der Waals surface area contributed by atoms with Crippen LogP contribution in [0, 0.1) is 0 Å². The number of aromatic nitrogens is 1. The van der Waals surface area contributed by atoms with Gasteiger partial charge in [-0.05, 0) is 45.5 Å². The maximum Gasteiger partial charge on any atom is 0.156 e. The quantitative estimate of drug-likeness (QED) is 0.826. The molecule has 0 radical (unpaired) electrons. The minimum Gasteiger partial charge on any atom is -0.295 e. The number of nitrogens with zero attached hydrogens (tertiary/aromatic N) is 1. The number of ketones is 1. The standard InChI is InChI=1S/C10H8BrNOS/c11-9-2-1-5-12-10(9)14-8-4-3-7(13)6-8/h1-2,5-6H,3-4H2. The molecule has 1 aliphatic rings. The number of rotatable bonds is 2. The molecule has 1 aromatic rings. The van der Waals surface area contributed by atoms with Crippen LogP contribution in [0.5, 0.6) is 0 Å². The summed E-state index contributed by atoms with van der Waals surface area (Å²) in [7, 11) is 0. The molecule has 2 nitrogen and oxygen atoms in total. The van der Waals surface area contributed by atoms with Crippen molar-refractivity contribution in [1.82, 2.24) is 4.98 Å². The third-order valence-corrected chi connectivity index (χ3v) is 3.90. The van der Waals surface area contributed by atoms with Crippen LogP contribution in [0.4, 0.5) is 0 Å². The van der Waals surface area contributed by atoms with Gasteiger partial charge in [0.25, 0.3) is 0 Å². The predicted molar refractivity (Wildman–Crippen MR) is 60.1 cm³/mol. The van der Waals surface area contributed by atoms with E-state index in [4.69, 9.17) is 0 Å². The van der Waals surface area contributed by atoms with Gasteiger partial charge in [0.15, 0.2) is 5.78 Å². The molecule has 0 amide bonds. The van der Waals surface area contributed by atoms with E-state index in [1.807, 2.05) is 12.1 Å². The molecule has 0 fully saturated rings. The molecular formula is C10H8BrNOS. The van der Waals surface area contributed by atoms with Crippen molar-refractivity contribution in [2.24, 2.45) is 0 Å². The normalized spacial score (nSPS) is 15.8. The van der Waals surface area contributed by atoms with Gasteiger partial charge < -0.3 is 0 Å². The fraction of sp³-hybridized carbons (Fsp3) is 0.200. The van der Waals surface area contributed by atoms with Gasteiger partial charge in [-0.2, -0.15) is 0 Å². The highest BCUT2D eigenvalue weighted by molar-refractivity contribution is 9.10. The molecule has 0 N–H and O–H groups in total. The first-order chi connectivity index (χ1) is 6.75. The zero-order valence-corrected chi connectivity index (χ0v) is 9.77. The Morgan fingerprint density at radius 2 is 2.29 bits per heavy atom. The topological polar surface area (TPSA) is 30.0 Å². The summed E-state index contributed by atoms with van der Waals surface area (Å²) in [4.78, 5) is 16.3. The van der Waals surface area contributed by atoms with Crippen molar-refractivity contribution in [2.75, 3.05) is 0 Å². The molecule has 1 aliphatic carbocycles. The molecule has 0 aromatic carbocycles. The Balaban J connectivity index is 2.15. The number of hydrogen-bond donors (Lipinski definition) is 0. The number of allylic oxidation sites excluding steroid dienone is 2. The fourth-order valence-corrected chi connectivity index (χ4v) is 2.64. The first-order valence-electron chi connectivity index (χ1n) is 4.27. The molecule has 1 aromatic heterocycles. The molecule has 0 saturated heterocycles. The maximum atomic E-state index is 11.0. The molecule has 0 spiro atoms. The Bertz CT molecular complexity index is 403. The summed E-state index contributed by atoms with van der Waals surface area (Å²) < 4.78 is 0.977. The van der Waals surface area contributed by atoms with Crippen molar-refractivity contribution in [3.8, 4) is 0 Å². The summed E-state index contributed by atoms with van der Waals surface area (Å²) in [6.45, 7) is 0. The fourth-order valence-electron chi connectivity index (χ4n) is 1.22. The van der Waals surface area contributed by atoms with Crippen LogP contribution in [0.1, 0.15) is 12.8 Å². The number of thioether (sulfide) groups is 1. The van der Waals surface area contributed by atoms with Crippen molar-refractivity contribution in [1.29, 1.82) is 0 Å². The summed E-state index contributed by atoms with van der Waals surface area (Å²) in [6, 6.07) is 3.83. The molecule has 0 aliphatic heterocycles. The van der Waals surface area contributed by atoms with Crippen molar-refractivity contribution >= 4 is 33.5 Å². The molecule has 0 atom stereocenters. The lowest BCUT2D eigenvalue weighted by molar-refractivity contribution is -0.114. The van der Waals surface area contributed by atoms with Crippen LogP contribution in [0.2, 0.25) is 0 Å². The van der Waals surface area contributed by atoms with Crippen LogP contribution < -0.4 is 0 Å². The maximum absolute atomic E-state index is 11.0. The summed E-state index contributed by atoms with van der Waals surface area (Å²) in [5.74, 6) is 0.222. The van der Waals surface area contributed by atoms with Crippen molar-refractivity contribution in [3.05, 3.63) is 33.8 Å². The van der Waals surface area contributed by atoms with Gasteiger partial charge in [0.2, 0.25) is 0 Å². The highest BCUT2D eigenvalue weighted by Gasteiger charge is 2.14. The number of carbonyl (C=O) groups is 1. The highest BCUT2D eigenvalue weighted by Crippen LogP contribution is 2.35. The van der Waals surface area contributed by atoms with E-state index in [1.54, 1.807) is 24.0 Å². The molecule has 72 valence electrons. The SMILES string of the molecule is O=C1C=C(Sc2ncccc2Br)CC1. The van der Waals surface area contributed by atoms with Crippen molar-refractivity contribution < 1.29 is 4.79 Å². The Morgan fingerprint density at radius 1 is 1.43 bits per heavy atom. The Hall–Kier alpha value is -0.610. The zero-order chi connectivity index (χ0) is 9.97. The van der Waals surface area contributed by atoms with E-state index in [0.29, 0.717) is 6.42 Å². The van der Waals surface area contributed by atoms with E-state index < -0.39 is 0 Å². The number of pyridine rings is 1. The van der Waals surface area contributed by atoms with Gasteiger partial charge in [-0.3, -0.25) is 4.79 Å². The number of carbonyl (C=O) groups excluding carboxylic acids is 1. The van der Waals surface area contributed by atoms with E-state index in [1.165, 1.54) is 0 Å². The lowest BCUT2D eigenvalue weighted by Gasteiger charge is -2.01. The Morgan fingerprint density at radius 3 is 2.93 bits per heavy atom. The second-order valence-corrected chi connectivity index (χ2v) is 4.94. The first-order valence-corrected chi connectivity index (χ1v) is 5.88. The lowest BCUT2D eigenvalue weighted by Crippen LogP contribution is -1.80. The number of hydrogen-bond acceptors (Lipinski definition) is 3. The summed E-state index contributed by atoms with van der Waals surface area (Å²) in [5, 5.41) is 0.924. The Kier molecular flexibility index (Phi) is 3.03. The Labute approximate surface area is 94.9 Å². The van der Waals surface area contributed by atoms with Gasteiger partial charge >= 0.3 is 0 Å². The van der Waals surface area contributed by atoms with E-state index >= 15 is 0 Å². The molecule has 14 heavy (non-hydrogen) atoms. The van der Waals surface area contributed by atoms with Gasteiger partial charge in [-0.15, -0.1) is 0 Å². The van der Waals surface area contributed by atoms with E-state index in [2.05, 4.69) is 20.9 Å². The lowest BCUT2D eigenvalue weighted by atomic mass is 10.3. The monoisotopic (exact) mass is 269 g/mol. The highest BCUT2D eigenvalue weighted by atomic mass is 79.9. The van der Waals surface area contributed by atoms with Gasteiger partial charge in [0.05, 0.1) is 4.47 Å². The minimum absolute atomic E-state index is 0.222. The van der Waals surface area contributed by atoms with E-state index in [9.17, 15) is 4.79 Å². The zero-order valence-electron chi connectivity index (χ0n) is 7.37. The molecular weight excluding hydrogens is 262 g/mol. The van der Waals surface area contributed by atoms with Crippen molar-refractivity contribution in [2.45, 2.75) is 17.9 Å². The summed E-state index contributed by atoms with van der Waals surface area (Å²) >= 11 is 4.99. The van der Waals surface area contributed by atoms with Crippen LogP contribution >= 0.6 is 27.7 Å². The third kappa shape index (κ3) is 2.25. The average Bonchev–Trinajstić information content (AvgIpc) is 2.56. The van der Waals surface area contributed by atoms with Crippen LogP contribution in [-0.4, -0.2) is 10.8 Å². The van der Waals surface area contributed by atoms with Crippen LogP contribution in [-0.2, 0) is 4.79 Å². The first kappa shape index (κ1) is 9.93. The van der Waals surface area contributed by atoms with Gasteiger partial charge in [0, 0.05) is 12.6 Å². The van der Waals surface area contributed by atoms with Gasteiger partial charge in [0.1, 0.15) is 5.03 Å². The minimum atomic E-state index is 0.222. The smallest absolute Gasteiger partial charge is 0.156 e. The largest absolute Gasteiger partial charge is 0.295 e. The van der Waals surface area contributed by atoms with Crippen LogP contribution in [0.15, 0.2) is 38.8 Å². The molecule has 0 saturated carbocycles. The summed E-state index contributed by atoms with van der Waals surface area (Å²) in [5.41, 5.74) is 0. The molecule has 0 unspecified atom stereocenters. The second-order valence-electron chi connectivity index (χ2n) is 2.97. The van der Waals surface area contributed by atoms with E-state index in [-0.39, 0.29) is 5.78 Å². The predicted octanol–water partition coefficient (Wildman–Crippen LogP) is 3.18. The van der Waals surface area contributed by atoms with E-state index in [0.717, 1.165) is 20.8 Å². The summed E-state index contributed by atoms with van der Waals surface area (Å²) in [6.07, 6.45) is 4.97. The molecule has 0 bridgehead atoms. The van der Waals surface area contributed by atoms with Gasteiger partial charge in [-0.25, -0.2) is 4.98 Å². The second kappa shape index (κ2) is 4.28. The van der Waals surface area contributed by atoms with Gasteiger partial charge in [-0.1, -0.05) is 11.8 Å². The number of halogens is 1. The van der Waals surface area contributed by atoms with Crippen LogP contribution in [0.3, 0.4) is 0 Å². The average molecular weight is 270 g/mol. The molecule has 2 rings (SSSR count). The third-order valence-electron chi connectivity index (χ3n) is 1.89. The van der Waals surface area contributed by atoms with Crippen molar-refractivity contribution in [3.63, 3.8) is 0 Å². The van der Waals surface area contributed by atoms with Crippen LogP contribution in [0.25, 0.3) is 0 Å².